The first-order valence-corrected chi connectivity index (χ1v) is 9.95. The van der Waals surface area contributed by atoms with E-state index in [1.54, 1.807) is 42.3 Å². The van der Waals surface area contributed by atoms with Crippen molar-refractivity contribution in [3.63, 3.8) is 0 Å². The largest absolute Gasteiger partial charge is 0.468 e. The molecule has 0 saturated heterocycles. The van der Waals surface area contributed by atoms with E-state index in [0.29, 0.717) is 12.1 Å². The predicted octanol–water partition coefficient (Wildman–Crippen LogP) is 2.31. The van der Waals surface area contributed by atoms with E-state index in [1.165, 1.54) is 0 Å². The highest BCUT2D eigenvalue weighted by Gasteiger charge is 2.13. The Labute approximate surface area is 139 Å². The van der Waals surface area contributed by atoms with E-state index in [9.17, 15) is 13.2 Å². The van der Waals surface area contributed by atoms with Gasteiger partial charge >= 0.3 is 0 Å². The van der Waals surface area contributed by atoms with E-state index in [-0.39, 0.29) is 11.6 Å². The van der Waals surface area contributed by atoms with E-state index in [0.717, 1.165) is 23.5 Å². The topological polar surface area (TPSA) is 88.4 Å². The quantitative estimate of drug-likeness (QED) is 0.710. The molecule has 0 atom stereocenters. The maximum absolute atomic E-state index is 12.2. The summed E-state index contributed by atoms with van der Waals surface area (Å²) in [5.74, 6) is 2.06. The van der Waals surface area contributed by atoms with Crippen molar-refractivity contribution in [1.82, 2.24) is 5.32 Å². The Balaban J connectivity index is 1.83. The molecule has 1 heterocycles. The van der Waals surface area contributed by atoms with Crippen LogP contribution in [0.25, 0.3) is 0 Å². The zero-order valence-electron chi connectivity index (χ0n) is 12.6. The van der Waals surface area contributed by atoms with Gasteiger partial charge < -0.3 is 9.73 Å². The monoisotopic (exact) mass is 354 g/mol. The van der Waals surface area contributed by atoms with E-state index in [4.69, 9.17) is 4.42 Å². The van der Waals surface area contributed by atoms with Crippen LogP contribution >= 0.6 is 11.8 Å². The highest BCUT2D eigenvalue weighted by Crippen LogP contribution is 2.16. The Bertz CT molecular complexity index is 743. The molecular formula is C15H18N2O4S2. The molecule has 2 rings (SSSR count). The van der Waals surface area contributed by atoms with Crippen LogP contribution in [0.3, 0.4) is 0 Å². The number of amides is 1. The van der Waals surface area contributed by atoms with Gasteiger partial charge in [-0.3, -0.25) is 9.52 Å². The average molecular weight is 354 g/mol. The van der Waals surface area contributed by atoms with Gasteiger partial charge in [-0.25, -0.2) is 8.42 Å². The molecule has 0 aliphatic rings. The van der Waals surface area contributed by atoms with Gasteiger partial charge in [-0.1, -0.05) is 12.1 Å². The summed E-state index contributed by atoms with van der Waals surface area (Å²) in [7, 11) is -3.43. The average Bonchev–Trinajstić information content (AvgIpc) is 2.99. The molecule has 0 aliphatic carbocycles. The molecule has 0 fully saturated rings. The number of sulfonamides is 1. The third-order valence-corrected chi connectivity index (χ3v) is 4.40. The van der Waals surface area contributed by atoms with Crippen LogP contribution < -0.4 is 10.0 Å². The summed E-state index contributed by atoms with van der Waals surface area (Å²) < 4.78 is 30.2. The molecule has 6 nitrogen and oxygen atoms in total. The summed E-state index contributed by atoms with van der Waals surface area (Å²) in [6, 6.07) is 10.2. The van der Waals surface area contributed by atoms with E-state index in [2.05, 4.69) is 10.0 Å². The molecule has 2 N–H and O–H groups in total. The van der Waals surface area contributed by atoms with E-state index >= 15 is 0 Å². The molecule has 23 heavy (non-hydrogen) atoms. The molecule has 0 aliphatic heterocycles. The van der Waals surface area contributed by atoms with Crippen LogP contribution in [0.2, 0.25) is 0 Å². The first kappa shape index (κ1) is 17.4. The Hall–Kier alpha value is -1.93. The fourth-order valence-electron chi connectivity index (χ4n) is 1.87. The molecule has 0 bridgehead atoms. The molecular weight excluding hydrogens is 336 g/mol. The second kappa shape index (κ2) is 8.07. The number of para-hydroxylation sites is 1. The van der Waals surface area contributed by atoms with Crippen molar-refractivity contribution in [3.8, 4) is 0 Å². The molecule has 124 valence electrons. The third kappa shape index (κ3) is 5.99. The lowest BCUT2D eigenvalue weighted by Crippen LogP contribution is -2.27. The number of anilines is 1. The van der Waals surface area contributed by atoms with Gasteiger partial charge in [-0.15, -0.1) is 0 Å². The number of nitrogens with one attached hydrogen (secondary N) is 2. The minimum Gasteiger partial charge on any atom is -0.468 e. The Morgan fingerprint density at radius 1 is 1.22 bits per heavy atom. The minimum absolute atomic E-state index is 0.274. The molecule has 0 spiro atoms. The molecule has 1 amide bonds. The lowest BCUT2D eigenvalue weighted by molar-refractivity contribution is 0.0957. The van der Waals surface area contributed by atoms with Crippen LogP contribution in [0, 0.1) is 0 Å². The standard InChI is InChI=1S/C15H18N2O4S2/c1-23(19,20)17-14-7-3-2-6-13(14)15(18)16-8-10-22-11-12-5-4-9-21-12/h2-7,9,17H,8,10-11H2,1H3,(H,16,18). The fraction of sp³-hybridized carbons (Fsp3) is 0.267. The molecule has 2 aromatic rings. The van der Waals surface area contributed by atoms with Crippen LogP contribution in [-0.4, -0.2) is 32.9 Å². The van der Waals surface area contributed by atoms with Crippen molar-refractivity contribution in [3.05, 3.63) is 54.0 Å². The van der Waals surface area contributed by atoms with Gasteiger partial charge in [-0.05, 0) is 24.3 Å². The van der Waals surface area contributed by atoms with Crippen molar-refractivity contribution in [1.29, 1.82) is 0 Å². The highest BCUT2D eigenvalue weighted by molar-refractivity contribution is 7.98. The maximum Gasteiger partial charge on any atom is 0.253 e. The summed E-state index contributed by atoms with van der Waals surface area (Å²) in [6.45, 7) is 0.484. The van der Waals surface area contributed by atoms with Crippen LogP contribution in [0.15, 0.2) is 47.1 Å². The lowest BCUT2D eigenvalue weighted by atomic mass is 10.2. The third-order valence-electron chi connectivity index (χ3n) is 2.82. The van der Waals surface area contributed by atoms with Crippen LogP contribution in [-0.2, 0) is 15.8 Å². The molecule has 8 heteroatoms. The van der Waals surface area contributed by atoms with Gasteiger partial charge in [0.25, 0.3) is 5.91 Å². The summed E-state index contributed by atoms with van der Waals surface area (Å²) in [4.78, 5) is 12.2. The Kier molecular flexibility index (Phi) is 6.12. The second-order valence-electron chi connectivity index (χ2n) is 4.81. The summed E-state index contributed by atoms with van der Waals surface area (Å²) >= 11 is 1.64. The Morgan fingerprint density at radius 3 is 2.70 bits per heavy atom. The highest BCUT2D eigenvalue weighted by atomic mass is 32.2. The summed E-state index contributed by atoms with van der Waals surface area (Å²) in [5, 5.41) is 2.78. The van der Waals surface area contributed by atoms with Gasteiger partial charge in [0.1, 0.15) is 5.76 Å². The molecule has 1 aromatic carbocycles. The number of thioether (sulfide) groups is 1. The van der Waals surface area contributed by atoms with Crippen molar-refractivity contribution in [2.24, 2.45) is 0 Å². The predicted molar refractivity (Wildman–Crippen MR) is 92.1 cm³/mol. The van der Waals surface area contributed by atoms with Gasteiger partial charge in [-0.2, -0.15) is 11.8 Å². The second-order valence-corrected chi connectivity index (χ2v) is 7.66. The van der Waals surface area contributed by atoms with Crippen molar-refractivity contribution in [2.45, 2.75) is 5.75 Å². The number of carbonyl (C=O) groups excluding carboxylic acids is 1. The summed E-state index contributed by atoms with van der Waals surface area (Å²) in [5.41, 5.74) is 0.574. The van der Waals surface area contributed by atoms with Crippen molar-refractivity contribution >= 4 is 33.4 Å². The summed E-state index contributed by atoms with van der Waals surface area (Å²) in [6.07, 6.45) is 2.68. The fourth-order valence-corrected chi connectivity index (χ4v) is 3.20. The first-order chi connectivity index (χ1) is 11.0. The van der Waals surface area contributed by atoms with E-state index in [1.807, 2.05) is 12.1 Å². The molecule has 0 radical (unpaired) electrons. The number of furan rings is 1. The zero-order chi connectivity index (χ0) is 16.7. The smallest absolute Gasteiger partial charge is 0.253 e. The number of hydrogen-bond acceptors (Lipinski definition) is 5. The first-order valence-electron chi connectivity index (χ1n) is 6.91. The van der Waals surface area contributed by atoms with Crippen LogP contribution in [0.1, 0.15) is 16.1 Å². The number of benzene rings is 1. The van der Waals surface area contributed by atoms with Crippen LogP contribution in [0.5, 0.6) is 0 Å². The maximum atomic E-state index is 12.2. The van der Waals surface area contributed by atoms with Crippen LogP contribution in [0.4, 0.5) is 5.69 Å². The SMILES string of the molecule is CS(=O)(=O)Nc1ccccc1C(=O)NCCSCc1ccco1. The number of carbonyl (C=O) groups is 1. The van der Waals surface area contributed by atoms with Crippen molar-refractivity contribution < 1.29 is 17.6 Å². The van der Waals surface area contributed by atoms with Gasteiger partial charge in [0.15, 0.2) is 0 Å². The van der Waals surface area contributed by atoms with Crippen molar-refractivity contribution in [2.75, 3.05) is 23.3 Å². The molecule has 0 unspecified atom stereocenters. The lowest BCUT2D eigenvalue weighted by Gasteiger charge is -2.10. The van der Waals surface area contributed by atoms with E-state index < -0.39 is 10.0 Å². The van der Waals surface area contributed by atoms with Gasteiger partial charge in [0, 0.05) is 12.3 Å². The number of rotatable bonds is 8. The van der Waals surface area contributed by atoms with Gasteiger partial charge in [0.2, 0.25) is 10.0 Å². The zero-order valence-corrected chi connectivity index (χ0v) is 14.2. The molecule has 1 aromatic heterocycles. The van der Waals surface area contributed by atoms with Gasteiger partial charge in [0.05, 0.1) is 29.5 Å². The minimum atomic E-state index is -3.43. The normalized spacial score (nSPS) is 11.2. The number of hydrogen-bond donors (Lipinski definition) is 2. The Morgan fingerprint density at radius 2 is 2.00 bits per heavy atom. The molecule has 0 saturated carbocycles.